The molecule has 0 atom stereocenters. The zero-order chi connectivity index (χ0) is 6.41. The summed E-state index contributed by atoms with van der Waals surface area (Å²) in [6.45, 7) is 5.86. The molecule has 0 rings (SSSR count). The van der Waals surface area contributed by atoms with Gasteiger partial charge >= 0.3 is 0 Å². The second kappa shape index (κ2) is 4.78. The van der Waals surface area contributed by atoms with Crippen molar-refractivity contribution < 1.29 is 0 Å². The van der Waals surface area contributed by atoms with E-state index in [-0.39, 0.29) is 0 Å². The first-order valence-electron chi connectivity index (χ1n) is 3.02. The van der Waals surface area contributed by atoms with Crippen LogP contribution in [0.3, 0.4) is 0 Å². The second-order valence-corrected chi connectivity index (χ2v) is 1.88. The molecule has 0 radical (unpaired) electrons. The molecular weight excluding hydrogens is 100 g/mol. The maximum atomic E-state index is 7.03. The molecule has 2 nitrogen and oxygen atoms in total. The predicted molar refractivity (Wildman–Crippen MR) is 36.6 cm³/mol. The van der Waals surface area contributed by atoms with Gasteiger partial charge in [-0.05, 0) is 19.9 Å². The smallest absolute Gasteiger partial charge is 0.00708 e. The fourth-order valence-corrected chi connectivity index (χ4v) is 0.453. The standard InChI is InChI=1S/C6H14N2/c1-3-8-5-4-6(2)7/h7-8H,3-5H2,1-2H3. The zero-order valence-electron chi connectivity index (χ0n) is 5.62. The SMILES string of the molecule is CCNCCC(C)=N. The van der Waals surface area contributed by atoms with Crippen LogP contribution in [0.25, 0.3) is 0 Å². The topological polar surface area (TPSA) is 35.9 Å². The van der Waals surface area contributed by atoms with Crippen molar-refractivity contribution in [2.45, 2.75) is 20.3 Å². The van der Waals surface area contributed by atoms with Crippen LogP contribution in [-0.2, 0) is 0 Å². The van der Waals surface area contributed by atoms with Crippen molar-refractivity contribution >= 4 is 5.71 Å². The first-order valence-corrected chi connectivity index (χ1v) is 3.02. The van der Waals surface area contributed by atoms with Crippen LogP contribution in [0.4, 0.5) is 0 Å². The van der Waals surface area contributed by atoms with Crippen LogP contribution in [0.15, 0.2) is 0 Å². The van der Waals surface area contributed by atoms with E-state index in [0.717, 1.165) is 25.2 Å². The molecule has 0 unspecified atom stereocenters. The lowest BCUT2D eigenvalue weighted by Crippen LogP contribution is -2.15. The van der Waals surface area contributed by atoms with Crippen molar-refractivity contribution in [1.29, 1.82) is 5.41 Å². The van der Waals surface area contributed by atoms with E-state index in [9.17, 15) is 0 Å². The summed E-state index contributed by atoms with van der Waals surface area (Å²) in [6, 6.07) is 0. The Hall–Kier alpha value is -0.370. The normalized spacial score (nSPS) is 9.25. The first kappa shape index (κ1) is 7.63. The van der Waals surface area contributed by atoms with Crippen molar-refractivity contribution in [1.82, 2.24) is 5.32 Å². The van der Waals surface area contributed by atoms with E-state index in [1.807, 2.05) is 6.92 Å². The summed E-state index contributed by atoms with van der Waals surface area (Å²) in [5, 5.41) is 10.2. The Balaban J connectivity index is 2.82. The van der Waals surface area contributed by atoms with Gasteiger partial charge in [-0.25, -0.2) is 0 Å². The van der Waals surface area contributed by atoms with Crippen LogP contribution in [-0.4, -0.2) is 18.8 Å². The molecule has 0 aliphatic rings. The van der Waals surface area contributed by atoms with Crippen LogP contribution in [0.2, 0.25) is 0 Å². The Morgan fingerprint density at radius 2 is 2.25 bits per heavy atom. The summed E-state index contributed by atoms with van der Waals surface area (Å²) < 4.78 is 0. The fraction of sp³-hybridized carbons (Fsp3) is 0.833. The van der Waals surface area contributed by atoms with E-state index in [1.54, 1.807) is 0 Å². The average Bonchev–Trinajstić information content (AvgIpc) is 1.66. The zero-order valence-corrected chi connectivity index (χ0v) is 5.62. The van der Waals surface area contributed by atoms with E-state index >= 15 is 0 Å². The second-order valence-electron chi connectivity index (χ2n) is 1.88. The van der Waals surface area contributed by atoms with Gasteiger partial charge in [-0.3, -0.25) is 0 Å². The average molecular weight is 114 g/mol. The maximum absolute atomic E-state index is 7.03. The summed E-state index contributed by atoms with van der Waals surface area (Å²) in [6.07, 6.45) is 0.883. The third-order valence-corrected chi connectivity index (χ3v) is 0.927. The molecule has 2 heteroatoms. The predicted octanol–water partition coefficient (Wildman–Crippen LogP) is 1.03. The third-order valence-electron chi connectivity index (χ3n) is 0.927. The van der Waals surface area contributed by atoms with Crippen molar-refractivity contribution in [3.05, 3.63) is 0 Å². The summed E-state index contributed by atoms with van der Waals surface area (Å²) >= 11 is 0. The Morgan fingerprint density at radius 1 is 1.62 bits per heavy atom. The summed E-state index contributed by atoms with van der Waals surface area (Å²) in [7, 11) is 0. The molecule has 0 saturated heterocycles. The first-order chi connectivity index (χ1) is 3.77. The lowest BCUT2D eigenvalue weighted by Gasteiger charge is -1.96. The molecule has 2 N–H and O–H groups in total. The third kappa shape index (κ3) is 5.63. The molecule has 0 aliphatic heterocycles. The van der Waals surface area contributed by atoms with Crippen LogP contribution in [0, 0.1) is 5.41 Å². The molecule has 0 fully saturated rings. The monoisotopic (exact) mass is 114 g/mol. The van der Waals surface area contributed by atoms with Gasteiger partial charge in [0.05, 0.1) is 0 Å². The molecule has 0 bridgehead atoms. The Morgan fingerprint density at radius 3 is 2.62 bits per heavy atom. The molecule has 0 spiro atoms. The van der Waals surface area contributed by atoms with Gasteiger partial charge in [-0.15, -0.1) is 0 Å². The summed E-state index contributed by atoms with van der Waals surface area (Å²) in [5.41, 5.74) is 0.756. The van der Waals surface area contributed by atoms with Crippen molar-refractivity contribution in [2.75, 3.05) is 13.1 Å². The van der Waals surface area contributed by atoms with Gasteiger partial charge in [0.25, 0.3) is 0 Å². The van der Waals surface area contributed by atoms with Gasteiger partial charge < -0.3 is 10.7 Å². The Bertz CT molecular complexity index is 68.9. The van der Waals surface area contributed by atoms with Gasteiger partial charge in [0.1, 0.15) is 0 Å². The van der Waals surface area contributed by atoms with Crippen LogP contribution in [0.5, 0.6) is 0 Å². The van der Waals surface area contributed by atoms with Gasteiger partial charge in [0.2, 0.25) is 0 Å². The molecular formula is C6H14N2. The van der Waals surface area contributed by atoms with Crippen LogP contribution >= 0.6 is 0 Å². The van der Waals surface area contributed by atoms with Gasteiger partial charge in [-0.2, -0.15) is 0 Å². The minimum atomic E-state index is 0.756. The summed E-state index contributed by atoms with van der Waals surface area (Å²) in [4.78, 5) is 0. The van der Waals surface area contributed by atoms with E-state index in [4.69, 9.17) is 5.41 Å². The minimum absolute atomic E-state index is 0.756. The number of hydrogen-bond donors (Lipinski definition) is 2. The van der Waals surface area contributed by atoms with Crippen molar-refractivity contribution in [3.63, 3.8) is 0 Å². The Kier molecular flexibility index (Phi) is 4.56. The molecule has 0 aromatic carbocycles. The van der Waals surface area contributed by atoms with Crippen LogP contribution < -0.4 is 5.32 Å². The molecule has 0 aromatic heterocycles. The van der Waals surface area contributed by atoms with E-state index < -0.39 is 0 Å². The molecule has 0 aromatic rings. The lowest BCUT2D eigenvalue weighted by molar-refractivity contribution is 0.735. The van der Waals surface area contributed by atoms with Crippen LogP contribution in [0.1, 0.15) is 20.3 Å². The Labute approximate surface area is 50.8 Å². The van der Waals surface area contributed by atoms with Gasteiger partial charge in [-0.1, -0.05) is 6.92 Å². The van der Waals surface area contributed by atoms with E-state index in [1.165, 1.54) is 0 Å². The number of nitrogens with one attached hydrogen (secondary N) is 2. The summed E-state index contributed by atoms with van der Waals surface area (Å²) in [5.74, 6) is 0. The van der Waals surface area contributed by atoms with Gasteiger partial charge in [0.15, 0.2) is 0 Å². The number of rotatable bonds is 4. The fourth-order valence-electron chi connectivity index (χ4n) is 0.453. The maximum Gasteiger partial charge on any atom is 0.00708 e. The van der Waals surface area contributed by atoms with E-state index in [0.29, 0.717) is 0 Å². The molecule has 0 heterocycles. The largest absolute Gasteiger partial charge is 0.317 e. The quantitative estimate of drug-likeness (QED) is 0.415. The lowest BCUT2D eigenvalue weighted by atomic mass is 10.3. The highest BCUT2D eigenvalue weighted by atomic mass is 14.8. The molecule has 8 heavy (non-hydrogen) atoms. The molecule has 48 valence electrons. The molecule has 0 amide bonds. The van der Waals surface area contributed by atoms with Crippen molar-refractivity contribution in [3.8, 4) is 0 Å². The van der Waals surface area contributed by atoms with E-state index in [2.05, 4.69) is 12.2 Å². The van der Waals surface area contributed by atoms with Gasteiger partial charge in [0, 0.05) is 12.3 Å². The highest BCUT2D eigenvalue weighted by Gasteiger charge is 1.84. The number of hydrogen-bond acceptors (Lipinski definition) is 2. The highest BCUT2D eigenvalue weighted by Crippen LogP contribution is 1.76. The molecule has 0 saturated carbocycles. The molecule has 0 aliphatic carbocycles. The minimum Gasteiger partial charge on any atom is -0.317 e. The van der Waals surface area contributed by atoms with Crippen molar-refractivity contribution in [2.24, 2.45) is 0 Å². The highest BCUT2D eigenvalue weighted by molar-refractivity contribution is 5.78.